The van der Waals surface area contributed by atoms with Crippen LogP contribution in [0.2, 0.25) is 0 Å². The molecule has 3 heteroatoms. The number of nitrogens with two attached hydrogens (primary N) is 1. The second kappa shape index (κ2) is 5.74. The van der Waals surface area contributed by atoms with Crippen LogP contribution >= 0.6 is 0 Å². The molecule has 0 amide bonds. The van der Waals surface area contributed by atoms with E-state index in [0.717, 1.165) is 23.5 Å². The van der Waals surface area contributed by atoms with Gasteiger partial charge in [-0.2, -0.15) is 0 Å². The maximum absolute atomic E-state index is 5.70. The van der Waals surface area contributed by atoms with Gasteiger partial charge >= 0.3 is 0 Å². The summed E-state index contributed by atoms with van der Waals surface area (Å²) in [5.74, 6) is 1.45. The van der Waals surface area contributed by atoms with Crippen LogP contribution in [0.15, 0.2) is 36.5 Å². The highest BCUT2D eigenvalue weighted by Crippen LogP contribution is 2.23. The van der Waals surface area contributed by atoms with E-state index in [1.165, 1.54) is 5.56 Å². The molecule has 0 radical (unpaired) electrons. The Balaban J connectivity index is 2.15. The Hall–Kier alpha value is -2.03. The lowest BCUT2D eigenvalue weighted by Crippen LogP contribution is -1.98. The number of anilines is 3. The Labute approximate surface area is 114 Å². The van der Waals surface area contributed by atoms with Gasteiger partial charge in [-0.25, -0.2) is 4.98 Å². The summed E-state index contributed by atoms with van der Waals surface area (Å²) in [4.78, 5) is 4.31. The second-order valence-electron chi connectivity index (χ2n) is 4.99. The lowest BCUT2D eigenvalue weighted by atomic mass is 9.99. The topological polar surface area (TPSA) is 50.9 Å². The third-order valence-corrected chi connectivity index (χ3v) is 3.45. The first-order valence-corrected chi connectivity index (χ1v) is 6.69. The van der Waals surface area contributed by atoms with Crippen LogP contribution in [0, 0.1) is 6.92 Å². The van der Waals surface area contributed by atoms with Crippen molar-refractivity contribution in [1.29, 1.82) is 0 Å². The average Bonchev–Trinajstić information content (AvgIpc) is 2.42. The van der Waals surface area contributed by atoms with Gasteiger partial charge in [0.05, 0.1) is 11.9 Å². The molecule has 0 aliphatic carbocycles. The number of rotatable bonds is 4. The number of nitrogen functional groups attached to an aromatic ring is 1. The van der Waals surface area contributed by atoms with Crippen molar-refractivity contribution in [2.24, 2.45) is 0 Å². The predicted molar refractivity (Wildman–Crippen MR) is 81.8 cm³/mol. The Bertz CT molecular complexity index is 546. The molecule has 19 heavy (non-hydrogen) atoms. The van der Waals surface area contributed by atoms with Crippen molar-refractivity contribution in [1.82, 2.24) is 4.98 Å². The molecule has 0 fully saturated rings. The van der Waals surface area contributed by atoms with E-state index in [1.54, 1.807) is 6.20 Å². The molecule has 1 aromatic heterocycles. The molecular weight excluding hydrogens is 234 g/mol. The smallest absolute Gasteiger partial charge is 0.133 e. The second-order valence-corrected chi connectivity index (χ2v) is 4.99. The molecule has 1 aromatic carbocycles. The molecule has 3 nitrogen and oxygen atoms in total. The van der Waals surface area contributed by atoms with Gasteiger partial charge in [-0.05, 0) is 48.6 Å². The highest BCUT2D eigenvalue weighted by molar-refractivity contribution is 5.61. The van der Waals surface area contributed by atoms with Gasteiger partial charge in [0.15, 0.2) is 0 Å². The van der Waals surface area contributed by atoms with Crippen LogP contribution in [-0.4, -0.2) is 4.98 Å². The van der Waals surface area contributed by atoms with E-state index in [2.05, 4.69) is 48.4 Å². The number of pyridine rings is 1. The van der Waals surface area contributed by atoms with Gasteiger partial charge in [-0.3, -0.25) is 0 Å². The lowest BCUT2D eigenvalue weighted by molar-refractivity contribution is 0.734. The molecule has 1 heterocycles. The first-order valence-electron chi connectivity index (χ1n) is 6.69. The molecule has 2 rings (SSSR count). The summed E-state index contributed by atoms with van der Waals surface area (Å²) < 4.78 is 0. The first-order chi connectivity index (χ1) is 9.10. The number of hydrogen-bond acceptors (Lipinski definition) is 3. The Morgan fingerprint density at radius 1 is 1.26 bits per heavy atom. The van der Waals surface area contributed by atoms with Crippen LogP contribution in [0.4, 0.5) is 17.2 Å². The molecule has 0 bridgehead atoms. The van der Waals surface area contributed by atoms with Crippen molar-refractivity contribution in [3.8, 4) is 0 Å². The lowest BCUT2D eigenvalue weighted by Gasteiger charge is -2.12. The number of benzene rings is 1. The van der Waals surface area contributed by atoms with E-state index in [4.69, 9.17) is 5.73 Å². The molecule has 0 spiro atoms. The fourth-order valence-corrected chi connectivity index (χ4v) is 1.99. The van der Waals surface area contributed by atoms with Crippen LogP contribution in [0.1, 0.15) is 37.3 Å². The maximum Gasteiger partial charge on any atom is 0.133 e. The van der Waals surface area contributed by atoms with Crippen molar-refractivity contribution >= 4 is 17.2 Å². The fourth-order valence-electron chi connectivity index (χ4n) is 1.99. The van der Waals surface area contributed by atoms with E-state index < -0.39 is 0 Å². The van der Waals surface area contributed by atoms with E-state index in [9.17, 15) is 0 Å². The number of nitrogens with one attached hydrogen (secondary N) is 1. The zero-order valence-corrected chi connectivity index (χ0v) is 11.8. The largest absolute Gasteiger partial charge is 0.397 e. The van der Waals surface area contributed by atoms with Gasteiger partial charge in [-0.1, -0.05) is 26.0 Å². The maximum atomic E-state index is 5.70. The van der Waals surface area contributed by atoms with Crippen molar-refractivity contribution < 1.29 is 0 Å². The molecule has 100 valence electrons. The molecule has 0 aliphatic heterocycles. The van der Waals surface area contributed by atoms with Crippen LogP contribution in [0.25, 0.3) is 0 Å². The monoisotopic (exact) mass is 255 g/mol. The summed E-state index contributed by atoms with van der Waals surface area (Å²) in [5, 5.41) is 3.32. The van der Waals surface area contributed by atoms with Gasteiger partial charge in [0.2, 0.25) is 0 Å². The number of aryl methyl sites for hydroxylation is 1. The van der Waals surface area contributed by atoms with Gasteiger partial charge in [-0.15, -0.1) is 0 Å². The fraction of sp³-hybridized carbons (Fsp3) is 0.312. The zero-order chi connectivity index (χ0) is 13.8. The average molecular weight is 255 g/mol. The van der Waals surface area contributed by atoms with Crippen LogP contribution in [0.3, 0.4) is 0 Å². The Kier molecular flexibility index (Phi) is 4.05. The molecule has 3 N–H and O–H groups in total. The highest BCUT2D eigenvalue weighted by Gasteiger charge is 2.04. The van der Waals surface area contributed by atoms with Crippen LogP contribution in [-0.2, 0) is 0 Å². The summed E-state index contributed by atoms with van der Waals surface area (Å²) in [7, 11) is 0. The minimum absolute atomic E-state index is 0.602. The third kappa shape index (κ3) is 3.25. The minimum Gasteiger partial charge on any atom is -0.397 e. The molecule has 1 unspecified atom stereocenters. The molecule has 0 saturated heterocycles. The van der Waals surface area contributed by atoms with E-state index >= 15 is 0 Å². The molecule has 1 atom stereocenters. The van der Waals surface area contributed by atoms with Crippen molar-refractivity contribution in [3.63, 3.8) is 0 Å². The number of nitrogens with zero attached hydrogens (tertiary/aromatic N) is 1. The predicted octanol–water partition coefficient (Wildman–Crippen LogP) is 4.23. The summed E-state index contributed by atoms with van der Waals surface area (Å²) in [6, 6.07) is 10.5. The normalized spacial score (nSPS) is 12.2. The summed E-state index contributed by atoms with van der Waals surface area (Å²) >= 11 is 0. The van der Waals surface area contributed by atoms with Gasteiger partial charge in [0.1, 0.15) is 5.82 Å². The highest BCUT2D eigenvalue weighted by atomic mass is 15.0. The van der Waals surface area contributed by atoms with Crippen molar-refractivity contribution in [2.45, 2.75) is 33.1 Å². The molecule has 0 aliphatic rings. The molecular formula is C16H21N3. The quantitative estimate of drug-likeness (QED) is 0.859. The van der Waals surface area contributed by atoms with Gasteiger partial charge in [0.25, 0.3) is 0 Å². The van der Waals surface area contributed by atoms with E-state index in [1.807, 2.05) is 13.0 Å². The van der Waals surface area contributed by atoms with Crippen LogP contribution < -0.4 is 11.1 Å². The standard InChI is InChI=1S/C16H21N3/c1-4-11(2)13-5-7-15(8-6-13)19-16-12(3)9-14(17)10-18-16/h5-11H,4,17H2,1-3H3,(H,18,19). The van der Waals surface area contributed by atoms with Crippen molar-refractivity contribution in [3.05, 3.63) is 47.7 Å². The van der Waals surface area contributed by atoms with Gasteiger partial charge in [0, 0.05) is 5.69 Å². The van der Waals surface area contributed by atoms with Crippen LogP contribution in [0.5, 0.6) is 0 Å². The zero-order valence-electron chi connectivity index (χ0n) is 11.8. The summed E-state index contributed by atoms with van der Waals surface area (Å²) in [6.07, 6.45) is 2.83. The summed E-state index contributed by atoms with van der Waals surface area (Å²) in [6.45, 7) is 6.45. The van der Waals surface area contributed by atoms with Gasteiger partial charge < -0.3 is 11.1 Å². The number of hydrogen-bond donors (Lipinski definition) is 2. The van der Waals surface area contributed by atoms with E-state index in [-0.39, 0.29) is 0 Å². The SMILES string of the molecule is CCC(C)c1ccc(Nc2ncc(N)cc2C)cc1. The third-order valence-electron chi connectivity index (χ3n) is 3.45. The molecule has 2 aromatic rings. The molecule has 0 saturated carbocycles. The Morgan fingerprint density at radius 2 is 1.95 bits per heavy atom. The van der Waals surface area contributed by atoms with Crippen molar-refractivity contribution in [2.75, 3.05) is 11.1 Å². The first kappa shape index (κ1) is 13.4. The minimum atomic E-state index is 0.602. The van der Waals surface area contributed by atoms with E-state index in [0.29, 0.717) is 11.6 Å². The Morgan fingerprint density at radius 3 is 2.53 bits per heavy atom. The number of aromatic nitrogens is 1. The summed E-state index contributed by atoms with van der Waals surface area (Å²) in [5.41, 5.74) is 9.86.